The fourth-order valence-electron chi connectivity index (χ4n) is 3.72. The van der Waals surface area contributed by atoms with E-state index >= 15 is 0 Å². The quantitative estimate of drug-likeness (QED) is 0.178. The maximum Gasteiger partial charge on any atom is 0.168 e. The van der Waals surface area contributed by atoms with Gasteiger partial charge in [0.05, 0.1) is 13.2 Å². The summed E-state index contributed by atoms with van der Waals surface area (Å²) in [5, 5.41) is 0. The van der Waals surface area contributed by atoms with Crippen molar-refractivity contribution in [1.82, 2.24) is 0 Å². The first-order valence-corrected chi connectivity index (χ1v) is 12.6. The lowest BCUT2D eigenvalue weighted by molar-refractivity contribution is -0.697. The van der Waals surface area contributed by atoms with Crippen molar-refractivity contribution in [3.05, 3.63) is 79.1 Å². The Hall–Kier alpha value is -2.81. The monoisotopic (exact) mass is 446 g/mol. The van der Waals surface area contributed by atoms with Crippen LogP contribution in [-0.4, -0.2) is 13.2 Å². The third kappa shape index (κ3) is 9.29. The molecule has 0 saturated carbocycles. The van der Waals surface area contributed by atoms with Gasteiger partial charge in [-0.2, -0.15) is 0 Å². The Morgan fingerprint density at radius 2 is 1.21 bits per heavy atom. The molecule has 1 atom stereocenters. The highest BCUT2D eigenvalue weighted by atomic mass is 16.5. The van der Waals surface area contributed by atoms with Gasteiger partial charge in [0.15, 0.2) is 12.4 Å². The van der Waals surface area contributed by atoms with Crippen molar-refractivity contribution in [2.45, 2.75) is 65.3 Å². The average Bonchev–Trinajstić information content (AvgIpc) is 2.87. The number of benzene rings is 2. The molecule has 0 aliphatic carbocycles. The molecule has 0 radical (unpaired) electrons. The molecule has 0 spiro atoms. The van der Waals surface area contributed by atoms with E-state index in [0.29, 0.717) is 5.92 Å². The van der Waals surface area contributed by atoms with Gasteiger partial charge >= 0.3 is 0 Å². The lowest BCUT2D eigenvalue weighted by Crippen LogP contribution is -2.32. The Morgan fingerprint density at radius 1 is 0.667 bits per heavy atom. The molecule has 1 aromatic heterocycles. The average molecular weight is 447 g/mol. The molecule has 3 rings (SSSR count). The fourth-order valence-corrected chi connectivity index (χ4v) is 3.72. The van der Waals surface area contributed by atoms with Crippen molar-refractivity contribution in [1.29, 1.82) is 0 Å². The first-order valence-electron chi connectivity index (χ1n) is 12.6. The third-order valence-corrected chi connectivity index (χ3v) is 6.13. The maximum atomic E-state index is 5.94. The Labute approximate surface area is 200 Å². The first kappa shape index (κ1) is 24.8. The van der Waals surface area contributed by atoms with Crippen molar-refractivity contribution >= 4 is 0 Å². The van der Waals surface area contributed by atoms with E-state index in [1.165, 1.54) is 43.2 Å². The van der Waals surface area contributed by atoms with Gasteiger partial charge in [-0.05, 0) is 54.2 Å². The van der Waals surface area contributed by atoms with Gasteiger partial charge < -0.3 is 9.47 Å². The molecule has 0 bridgehead atoms. The van der Waals surface area contributed by atoms with E-state index in [0.717, 1.165) is 44.1 Å². The van der Waals surface area contributed by atoms with Gasteiger partial charge in [-0.1, -0.05) is 69.9 Å². The number of aromatic nitrogens is 1. The van der Waals surface area contributed by atoms with Gasteiger partial charge in [-0.25, -0.2) is 4.57 Å². The molecule has 3 aromatic rings. The molecule has 0 aliphatic heterocycles. The number of aryl methyl sites for hydroxylation is 1. The molecule has 176 valence electrons. The number of hydrogen-bond donors (Lipinski definition) is 0. The maximum absolute atomic E-state index is 5.94. The molecule has 3 heteroatoms. The Balaban J connectivity index is 1.27. The summed E-state index contributed by atoms with van der Waals surface area (Å²) in [4.78, 5) is 0. The predicted molar refractivity (Wildman–Crippen MR) is 137 cm³/mol. The fraction of sp³-hybridized carbons (Fsp3) is 0.433. The van der Waals surface area contributed by atoms with Crippen LogP contribution in [0.3, 0.4) is 0 Å². The van der Waals surface area contributed by atoms with Crippen LogP contribution in [0.2, 0.25) is 0 Å². The second-order valence-corrected chi connectivity index (χ2v) is 8.96. The third-order valence-electron chi connectivity index (χ3n) is 6.13. The van der Waals surface area contributed by atoms with E-state index in [9.17, 15) is 0 Å². The first-order chi connectivity index (χ1) is 16.2. The summed E-state index contributed by atoms with van der Waals surface area (Å²) in [6.07, 6.45) is 12.9. The van der Waals surface area contributed by atoms with Crippen molar-refractivity contribution in [2.75, 3.05) is 13.2 Å². The second-order valence-electron chi connectivity index (χ2n) is 8.96. The Bertz CT molecular complexity index is 891. The molecule has 0 amide bonds. The number of rotatable bonds is 15. The highest BCUT2D eigenvalue weighted by molar-refractivity contribution is 5.64. The van der Waals surface area contributed by atoms with Crippen LogP contribution in [0, 0.1) is 5.92 Å². The van der Waals surface area contributed by atoms with Gasteiger partial charge in [0.1, 0.15) is 18.0 Å². The molecule has 0 N–H and O–H groups in total. The van der Waals surface area contributed by atoms with E-state index in [-0.39, 0.29) is 0 Å². The minimum atomic E-state index is 0.585. The van der Waals surface area contributed by atoms with Crippen LogP contribution in [0.15, 0.2) is 79.1 Å². The smallest absolute Gasteiger partial charge is 0.168 e. The standard InChI is InChI=1S/C30H40NO2/c1-3-26(2)25-33-30-19-15-28(16-20-30)27-13-17-29(18-14-27)32-24-12-7-5-4-6-9-21-31-22-10-8-11-23-31/h8,10-11,13-20,22-23,26H,3-7,9,12,21,24-25H2,1-2H3/q+1. The van der Waals surface area contributed by atoms with Crippen molar-refractivity contribution in [2.24, 2.45) is 5.92 Å². The molecule has 3 nitrogen and oxygen atoms in total. The summed E-state index contributed by atoms with van der Waals surface area (Å²) >= 11 is 0. The summed E-state index contributed by atoms with van der Waals surface area (Å²) in [7, 11) is 0. The minimum absolute atomic E-state index is 0.585. The number of unbranched alkanes of at least 4 members (excludes halogenated alkanes) is 5. The van der Waals surface area contributed by atoms with E-state index in [4.69, 9.17) is 9.47 Å². The van der Waals surface area contributed by atoms with Gasteiger partial charge in [0.25, 0.3) is 0 Å². The van der Waals surface area contributed by atoms with Crippen LogP contribution >= 0.6 is 0 Å². The molecule has 1 unspecified atom stereocenters. The molecule has 0 saturated heterocycles. The summed E-state index contributed by atoms with van der Waals surface area (Å²) < 4.78 is 14.1. The highest BCUT2D eigenvalue weighted by Gasteiger charge is 2.03. The Morgan fingerprint density at radius 3 is 1.82 bits per heavy atom. The lowest BCUT2D eigenvalue weighted by Gasteiger charge is -2.11. The van der Waals surface area contributed by atoms with E-state index in [1.807, 2.05) is 0 Å². The summed E-state index contributed by atoms with van der Waals surface area (Å²) in [5.41, 5.74) is 2.40. The lowest BCUT2D eigenvalue weighted by atomic mass is 10.1. The molecular formula is C30H40NO2+. The number of nitrogens with zero attached hydrogens (tertiary/aromatic N) is 1. The number of pyridine rings is 1. The second kappa shape index (κ2) is 14.4. The zero-order chi connectivity index (χ0) is 23.1. The highest BCUT2D eigenvalue weighted by Crippen LogP contribution is 2.25. The van der Waals surface area contributed by atoms with Gasteiger partial charge in [0.2, 0.25) is 0 Å². The molecule has 33 heavy (non-hydrogen) atoms. The molecule has 0 aliphatic rings. The van der Waals surface area contributed by atoms with Gasteiger partial charge in [0, 0.05) is 18.6 Å². The molecule has 2 aromatic carbocycles. The van der Waals surface area contributed by atoms with Crippen LogP contribution < -0.4 is 14.0 Å². The summed E-state index contributed by atoms with van der Waals surface area (Å²) in [5.74, 6) is 2.47. The predicted octanol–water partition coefficient (Wildman–Crippen LogP) is 7.49. The van der Waals surface area contributed by atoms with E-state index in [1.54, 1.807) is 0 Å². The SMILES string of the molecule is CCC(C)COc1ccc(-c2ccc(OCCCCCCCC[n+]3ccccc3)cc2)cc1. The minimum Gasteiger partial charge on any atom is -0.494 e. The van der Waals surface area contributed by atoms with Crippen LogP contribution in [0.4, 0.5) is 0 Å². The van der Waals surface area contributed by atoms with Crippen molar-refractivity contribution < 1.29 is 14.0 Å². The molecule has 0 fully saturated rings. The topological polar surface area (TPSA) is 22.3 Å². The largest absolute Gasteiger partial charge is 0.494 e. The van der Waals surface area contributed by atoms with E-state index < -0.39 is 0 Å². The van der Waals surface area contributed by atoms with E-state index in [2.05, 4.69) is 97.5 Å². The number of hydrogen-bond acceptors (Lipinski definition) is 2. The zero-order valence-corrected chi connectivity index (χ0v) is 20.4. The molecular weight excluding hydrogens is 406 g/mol. The van der Waals surface area contributed by atoms with Gasteiger partial charge in [-0.3, -0.25) is 0 Å². The van der Waals surface area contributed by atoms with Crippen LogP contribution in [0.5, 0.6) is 11.5 Å². The van der Waals surface area contributed by atoms with Crippen LogP contribution in [0.1, 0.15) is 58.8 Å². The van der Waals surface area contributed by atoms with Crippen molar-refractivity contribution in [3.8, 4) is 22.6 Å². The number of ether oxygens (including phenoxy) is 2. The summed E-state index contributed by atoms with van der Waals surface area (Å²) in [6.45, 7) is 7.09. The van der Waals surface area contributed by atoms with Crippen molar-refractivity contribution in [3.63, 3.8) is 0 Å². The Kier molecular flexibility index (Phi) is 10.8. The van der Waals surface area contributed by atoms with Crippen LogP contribution in [-0.2, 0) is 6.54 Å². The van der Waals surface area contributed by atoms with Crippen LogP contribution in [0.25, 0.3) is 11.1 Å². The molecule has 1 heterocycles. The van der Waals surface area contributed by atoms with Gasteiger partial charge in [-0.15, -0.1) is 0 Å². The normalized spacial score (nSPS) is 11.8. The summed E-state index contributed by atoms with van der Waals surface area (Å²) in [6, 6.07) is 23.0. The zero-order valence-electron chi connectivity index (χ0n) is 20.4.